The zero-order chi connectivity index (χ0) is 30.6. The molecule has 7 nitrogen and oxygen atoms in total. The Bertz CT molecular complexity index is 1650. The third-order valence-corrected chi connectivity index (χ3v) is 10.8. The predicted octanol–water partition coefficient (Wildman–Crippen LogP) is 7.67. The molecule has 4 saturated carbocycles. The standard InChI is InChI=1S/C35H32ClIN2O5/c1-43-30-15-21(14-29(37)31(30)44-19-20-2-6-26(36)7-3-20)13-28-32(40)38-34(42)39(33(28)41)27-8-4-25(5-9-27)35-16-22-10-23(17-35)12-24(11-22)18-35/h2-9,13-15,22-24H,10-12,16-19H2,1H3,(H,38,40,42)/b28-13-. The van der Waals surface area contributed by atoms with E-state index in [0.29, 0.717) is 34.4 Å². The van der Waals surface area contributed by atoms with Gasteiger partial charge in [-0.2, -0.15) is 0 Å². The highest BCUT2D eigenvalue weighted by Gasteiger charge is 2.51. The quantitative estimate of drug-likeness (QED) is 0.154. The molecule has 1 N–H and O–H groups in total. The molecule has 5 fully saturated rings. The molecule has 9 heteroatoms. The van der Waals surface area contributed by atoms with Gasteiger partial charge in [0.1, 0.15) is 12.2 Å². The maximum atomic E-state index is 13.7. The predicted molar refractivity (Wildman–Crippen MR) is 177 cm³/mol. The minimum Gasteiger partial charge on any atom is -0.493 e. The summed E-state index contributed by atoms with van der Waals surface area (Å²) in [7, 11) is 1.53. The fraction of sp³-hybridized carbons (Fsp3) is 0.343. The maximum Gasteiger partial charge on any atom is 0.335 e. The third-order valence-electron chi connectivity index (χ3n) is 9.74. The lowest BCUT2D eigenvalue weighted by molar-refractivity contribution is -0.122. The van der Waals surface area contributed by atoms with Crippen molar-refractivity contribution in [2.24, 2.45) is 17.8 Å². The number of carbonyl (C=O) groups is 3. The smallest absolute Gasteiger partial charge is 0.335 e. The van der Waals surface area contributed by atoms with Gasteiger partial charge in [0, 0.05) is 5.02 Å². The second-order valence-electron chi connectivity index (χ2n) is 12.7. The highest BCUT2D eigenvalue weighted by atomic mass is 127. The van der Waals surface area contributed by atoms with Crippen LogP contribution < -0.4 is 19.7 Å². The van der Waals surface area contributed by atoms with Crippen LogP contribution in [0.4, 0.5) is 10.5 Å². The van der Waals surface area contributed by atoms with E-state index in [1.807, 2.05) is 24.3 Å². The summed E-state index contributed by atoms with van der Waals surface area (Å²) in [6.45, 7) is 0.309. The molecule has 1 saturated heterocycles. The van der Waals surface area contributed by atoms with E-state index in [9.17, 15) is 14.4 Å². The molecule has 1 heterocycles. The van der Waals surface area contributed by atoms with Gasteiger partial charge in [-0.05, 0) is 143 Å². The number of nitrogens with one attached hydrogen (secondary N) is 1. The van der Waals surface area contributed by atoms with Gasteiger partial charge in [-0.1, -0.05) is 35.9 Å². The molecule has 4 aliphatic carbocycles. The van der Waals surface area contributed by atoms with Gasteiger partial charge in [-0.15, -0.1) is 0 Å². The number of hydrogen-bond acceptors (Lipinski definition) is 5. The normalized spacial score (nSPS) is 26.7. The molecular weight excluding hydrogens is 691 g/mol. The van der Waals surface area contributed by atoms with Crippen LogP contribution >= 0.6 is 34.2 Å². The van der Waals surface area contributed by atoms with Gasteiger partial charge < -0.3 is 9.47 Å². The molecule has 3 aromatic carbocycles. The second-order valence-corrected chi connectivity index (χ2v) is 14.3. The van der Waals surface area contributed by atoms with Gasteiger partial charge in [-0.25, -0.2) is 9.69 Å². The van der Waals surface area contributed by atoms with E-state index in [4.69, 9.17) is 21.1 Å². The van der Waals surface area contributed by atoms with Crippen LogP contribution in [0.2, 0.25) is 5.02 Å². The Hall–Kier alpha value is -3.37. The summed E-state index contributed by atoms with van der Waals surface area (Å²) in [5, 5.41) is 2.99. The van der Waals surface area contributed by atoms with Crippen molar-refractivity contribution in [3.8, 4) is 11.5 Å². The van der Waals surface area contributed by atoms with Crippen LogP contribution in [0.3, 0.4) is 0 Å². The summed E-state index contributed by atoms with van der Waals surface area (Å²) in [4.78, 5) is 40.5. The molecule has 44 heavy (non-hydrogen) atoms. The van der Waals surface area contributed by atoms with Crippen molar-refractivity contribution >= 4 is 63.8 Å². The summed E-state index contributed by atoms with van der Waals surface area (Å²) in [5.41, 5.74) is 3.33. The lowest BCUT2D eigenvalue weighted by Gasteiger charge is -2.57. The Balaban J connectivity index is 1.13. The highest BCUT2D eigenvalue weighted by Crippen LogP contribution is 2.60. The number of ether oxygens (including phenoxy) is 2. The molecule has 0 atom stereocenters. The van der Waals surface area contributed by atoms with Crippen molar-refractivity contribution in [1.29, 1.82) is 0 Å². The first-order valence-electron chi connectivity index (χ1n) is 15.0. The zero-order valence-corrected chi connectivity index (χ0v) is 27.2. The van der Waals surface area contributed by atoms with Crippen LogP contribution in [0.25, 0.3) is 6.08 Å². The van der Waals surface area contributed by atoms with Crippen molar-refractivity contribution < 1.29 is 23.9 Å². The van der Waals surface area contributed by atoms with Gasteiger partial charge in [0.15, 0.2) is 11.5 Å². The molecule has 3 aromatic rings. The number of hydrogen-bond donors (Lipinski definition) is 1. The van der Waals surface area contributed by atoms with Crippen molar-refractivity contribution in [2.45, 2.75) is 50.5 Å². The lowest BCUT2D eigenvalue weighted by atomic mass is 9.48. The molecule has 226 valence electrons. The number of barbiturate groups is 1. The molecule has 0 spiro atoms. The first-order valence-corrected chi connectivity index (χ1v) is 16.4. The molecule has 4 amide bonds. The van der Waals surface area contributed by atoms with Gasteiger partial charge >= 0.3 is 6.03 Å². The third kappa shape index (κ3) is 5.40. The van der Waals surface area contributed by atoms with Gasteiger partial charge in [0.2, 0.25) is 0 Å². The van der Waals surface area contributed by atoms with Gasteiger partial charge in [-0.3, -0.25) is 14.9 Å². The lowest BCUT2D eigenvalue weighted by Crippen LogP contribution is -2.54. The summed E-state index contributed by atoms with van der Waals surface area (Å²) in [6, 6.07) is 18.0. The molecule has 0 radical (unpaired) electrons. The van der Waals surface area contributed by atoms with E-state index in [2.05, 4.69) is 40.0 Å². The molecule has 0 aromatic heterocycles. The Morgan fingerprint density at radius 2 is 1.59 bits per heavy atom. The molecular formula is C35H32ClIN2O5. The average molecular weight is 723 g/mol. The Morgan fingerprint density at radius 3 is 2.20 bits per heavy atom. The van der Waals surface area contributed by atoms with E-state index in [1.54, 1.807) is 24.3 Å². The summed E-state index contributed by atoms with van der Waals surface area (Å²) in [5.74, 6) is 2.05. The number of imide groups is 2. The number of nitrogens with zero attached hydrogens (tertiary/aromatic N) is 1. The molecule has 0 unspecified atom stereocenters. The highest BCUT2D eigenvalue weighted by molar-refractivity contribution is 14.1. The first kappa shape index (κ1) is 29.3. The number of halogens is 2. The number of anilines is 1. The van der Waals surface area contributed by atoms with E-state index < -0.39 is 17.8 Å². The van der Waals surface area contributed by atoms with E-state index in [1.165, 1.54) is 57.3 Å². The second kappa shape index (κ2) is 11.5. The minimum atomic E-state index is -0.752. The molecule has 1 aliphatic heterocycles. The fourth-order valence-electron chi connectivity index (χ4n) is 8.19. The number of benzene rings is 3. The topological polar surface area (TPSA) is 84.9 Å². The number of urea groups is 1. The van der Waals surface area contributed by atoms with Crippen LogP contribution in [0, 0.1) is 21.3 Å². The van der Waals surface area contributed by atoms with E-state index >= 15 is 0 Å². The number of carbonyl (C=O) groups excluding carboxylic acids is 3. The molecule has 5 aliphatic rings. The number of amides is 4. The average Bonchev–Trinajstić information content (AvgIpc) is 2.99. The van der Waals surface area contributed by atoms with Crippen molar-refractivity contribution in [3.05, 3.63) is 91.5 Å². The van der Waals surface area contributed by atoms with Crippen molar-refractivity contribution in [3.63, 3.8) is 0 Å². The SMILES string of the molecule is COc1cc(/C=C2/C(=O)NC(=O)N(c3ccc(C45CC6CC(CC(C6)C4)C5)cc3)C2=O)cc(I)c1OCc1ccc(Cl)cc1. The summed E-state index contributed by atoms with van der Waals surface area (Å²) < 4.78 is 12.4. The largest absolute Gasteiger partial charge is 0.493 e. The number of rotatable bonds is 7. The van der Waals surface area contributed by atoms with E-state index in [-0.39, 0.29) is 11.0 Å². The summed E-state index contributed by atoms with van der Waals surface area (Å²) >= 11 is 8.12. The van der Waals surface area contributed by atoms with Crippen molar-refractivity contribution in [1.82, 2.24) is 5.32 Å². The summed E-state index contributed by atoms with van der Waals surface area (Å²) in [6.07, 6.45) is 9.28. The Morgan fingerprint density at radius 1 is 0.955 bits per heavy atom. The van der Waals surface area contributed by atoms with E-state index in [0.717, 1.165) is 31.8 Å². The van der Waals surface area contributed by atoms with Gasteiger partial charge in [0.05, 0.1) is 16.4 Å². The Labute approximate surface area is 275 Å². The zero-order valence-electron chi connectivity index (χ0n) is 24.3. The Kier molecular flexibility index (Phi) is 7.69. The van der Waals surface area contributed by atoms with Crippen LogP contribution in [0.5, 0.6) is 11.5 Å². The fourth-order valence-corrected chi connectivity index (χ4v) is 9.09. The molecule has 8 rings (SSSR count). The van der Waals surface area contributed by atoms with Crippen molar-refractivity contribution in [2.75, 3.05) is 12.0 Å². The van der Waals surface area contributed by atoms with Crippen LogP contribution in [0.1, 0.15) is 55.2 Å². The minimum absolute atomic E-state index is 0.137. The monoisotopic (exact) mass is 722 g/mol. The first-order chi connectivity index (χ1) is 21.2. The van der Waals surface area contributed by atoms with Crippen LogP contribution in [-0.4, -0.2) is 25.0 Å². The van der Waals surface area contributed by atoms with Crippen LogP contribution in [0.15, 0.2) is 66.2 Å². The molecule has 4 bridgehead atoms. The number of methoxy groups -OCH3 is 1. The van der Waals surface area contributed by atoms with Gasteiger partial charge in [0.25, 0.3) is 11.8 Å². The maximum absolute atomic E-state index is 13.7. The van der Waals surface area contributed by atoms with Crippen LogP contribution in [-0.2, 0) is 21.6 Å².